The molecule has 0 amide bonds. The van der Waals surface area contributed by atoms with Gasteiger partial charge in [-0.2, -0.15) is 0 Å². The highest BCUT2D eigenvalue weighted by Crippen LogP contribution is 2.22. The third-order valence-electron chi connectivity index (χ3n) is 5.04. The molecule has 28 heavy (non-hydrogen) atoms. The number of rotatable bonds is 6. The molecule has 1 fully saturated rings. The van der Waals surface area contributed by atoms with Crippen molar-refractivity contribution in [1.82, 2.24) is 14.9 Å². The number of para-hydroxylation sites is 1. The number of nitrogens with zero attached hydrogens (tertiary/aromatic N) is 2. The minimum Gasteiger partial charge on any atom is -0.484 e. The first-order valence-corrected chi connectivity index (χ1v) is 9.82. The van der Waals surface area contributed by atoms with Gasteiger partial charge in [0.25, 0.3) is 5.56 Å². The Bertz CT molecular complexity index is 978. The van der Waals surface area contributed by atoms with Crippen molar-refractivity contribution in [3.8, 4) is 17.1 Å². The molecule has 0 unspecified atom stereocenters. The summed E-state index contributed by atoms with van der Waals surface area (Å²) in [5, 5.41) is 0. The highest BCUT2D eigenvalue weighted by Gasteiger charge is 2.14. The molecule has 144 valence electrons. The summed E-state index contributed by atoms with van der Waals surface area (Å²) >= 11 is 0. The van der Waals surface area contributed by atoms with Crippen molar-refractivity contribution in [1.29, 1.82) is 0 Å². The van der Waals surface area contributed by atoms with Gasteiger partial charge in [0.05, 0.1) is 5.69 Å². The molecule has 1 aliphatic heterocycles. The molecule has 0 spiro atoms. The summed E-state index contributed by atoms with van der Waals surface area (Å²) in [6.07, 6.45) is 2.22. The van der Waals surface area contributed by atoms with Crippen LogP contribution in [0.3, 0.4) is 0 Å². The second kappa shape index (κ2) is 8.40. The minimum absolute atomic E-state index is 0.173. The fourth-order valence-electron chi connectivity index (χ4n) is 3.60. The Labute approximate surface area is 165 Å². The van der Waals surface area contributed by atoms with Crippen LogP contribution in [0, 0.1) is 0 Å². The van der Waals surface area contributed by atoms with E-state index in [0.29, 0.717) is 11.5 Å². The van der Waals surface area contributed by atoms with Crippen LogP contribution in [0.5, 0.6) is 5.75 Å². The lowest BCUT2D eigenvalue weighted by atomic mass is 10.1. The van der Waals surface area contributed by atoms with Crippen LogP contribution in [-0.2, 0) is 6.54 Å². The zero-order chi connectivity index (χ0) is 19.3. The number of aromatic nitrogens is 2. The molecule has 0 aliphatic carbocycles. The fourth-order valence-corrected chi connectivity index (χ4v) is 3.60. The van der Waals surface area contributed by atoms with Gasteiger partial charge >= 0.3 is 0 Å². The van der Waals surface area contributed by atoms with E-state index in [1.807, 2.05) is 49.4 Å². The standard InChI is InChI=1S/C23H25N3O2/c1-17(28-20-10-3-2-4-11-20)21-15-22(27)25-23(24-21)19-9-7-8-18(14-19)16-26-12-5-6-13-26/h2-4,7-11,14-15,17H,5-6,12-13,16H2,1H3,(H,24,25,27)/t17-/m0/s1. The Balaban J connectivity index is 1.57. The lowest BCUT2D eigenvalue weighted by Gasteiger charge is -2.16. The summed E-state index contributed by atoms with van der Waals surface area (Å²) in [5.41, 5.74) is 2.60. The van der Waals surface area contributed by atoms with E-state index in [9.17, 15) is 4.79 Å². The molecule has 5 nitrogen and oxygen atoms in total. The molecule has 3 aromatic rings. The number of hydrogen-bond acceptors (Lipinski definition) is 4. The summed E-state index contributed by atoms with van der Waals surface area (Å²) in [4.78, 5) is 22.3. The SMILES string of the molecule is C[C@H](Oc1ccccc1)c1cc(=O)[nH]c(-c2cccc(CN3CCCC3)c2)n1. The molecule has 0 saturated carbocycles. The normalized spacial score (nSPS) is 15.5. The van der Waals surface area contributed by atoms with Crippen LogP contribution in [0.4, 0.5) is 0 Å². The minimum atomic E-state index is -0.323. The number of likely N-dealkylation sites (tertiary alicyclic amines) is 1. The molecule has 1 atom stereocenters. The maximum atomic E-state index is 12.2. The van der Waals surface area contributed by atoms with Gasteiger partial charge in [-0.05, 0) is 56.6 Å². The third kappa shape index (κ3) is 4.49. The third-order valence-corrected chi connectivity index (χ3v) is 5.04. The van der Waals surface area contributed by atoms with Gasteiger partial charge in [-0.1, -0.05) is 36.4 Å². The van der Waals surface area contributed by atoms with Crippen LogP contribution in [-0.4, -0.2) is 28.0 Å². The van der Waals surface area contributed by atoms with E-state index in [1.54, 1.807) is 0 Å². The van der Waals surface area contributed by atoms with Gasteiger partial charge in [0.1, 0.15) is 17.7 Å². The van der Waals surface area contributed by atoms with Gasteiger partial charge in [0.2, 0.25) is 0 Å². The maximum absolute atomic E-state index is 12.2. The molecule has 0 radical (unpaired) electrons. The highest BCUT2D eigenvalue weighted by molar-refractivity contribution is 5.56. The molecule has 1 aromatic heterocycles. The van der Waals surface area contributed by atoms with Gasteiger partial charge < -0.3 is 9.72 Å². The summed E-state index contributed by atoms with van der Waals surface area (Å²) in [5.74, 6) is 1.33. The topological polar surface area (TPSA) is 58.2 Å². The van der Waals surface area contributed by atoms with E-state index < -0.39 is 0 Å². The fraction of sp³-hybridized carbons (Fsp3) is 0.304. The van der Waals surface area contributed by atoms with Crippen molar-refractivity contribution < 1.29 is 4.74 Å². The van der Waals surface area contributed by atoms with Crippen LogP contribution >= 0.6 is 0 Å². The predicted molar refractivity (Wildman–Crippen MR) is 110 cm³/mol. The molecule has 2 aromatic carbocycles. The van der Waals surface area contributed by atoms with Crippen molar-refractivity contribution in [3.05, 3.63) is 82.3 Å². The van der Waals surface area contributed by atoms with Crippen molar-refractivity contribution >= 4 is 0 Å². The second-order valence-electron chi connectivity index (χ2n) is 7.28. The summed E-state index contributed by atoms with van der Waals surface area (Å²) < 4.78 is 5.94. The number of benzene rings is 2. The Morgan fingerprint density at radius 3 is 2.64 bits per heavy atom. The monoisotopic (exact) mass is 375 g/mol. The summed E-state index contributed by atoms with van der Waals surface area (Å²) in [7, 11) is 0. The predicted octanol–water partition coefficient (Wildman–Crippen LogP) is 4.17. The molecule has 5 heteroatoms. The van der Waals surface area contributed by atoms with Crippen molar-refractivity contribution in [2.75, 3.05) is 13.1 Å². The van der Waals surface area contributed by atoms with Crippen LogP contribution in [0.1, 0.15) is 37.1 Å². The number of nitrogens with one attached hydrogen (secondary N) is 1. The van der Waals surface area contributed by atoms with E-state index >= 15 is 0 Å². The van der Waals surface area contributed by atoms with E-state index in [2.05, 4.69) is 27.0 Å². The van der Waals surface area contributed by atoms with E-state index in [4.69, 9.17) is 4.74 Å². The number of aromatic amines is 1. The zero-order valence-electron chi connectivity index (χ0n) is 16.1. The van der Waals surface area contributed by atoms with Crippen LogP contribution in [0.15, 0.2) is 65.5 Å². The first kappa shape index (κ1) is 18.4. The van der Waals surface area contributed by atoms with Gasteiger partial charge in [0, 0.05) is 18.2 Å². The van der Waals surface area contributed by atoms with Gasteiger partial charge in [-0.3, -0.25) is 9.69 Å². The molecule has 4 rings (SSSR count). The second-order valence-corrected chi connectivity index (χ2v) is 7.28. The van der Waals surface area contributed by atoms with Crippen molar-refractivity contribution in [3.63, 3.8) is 0 Å². The molecule has 1 saturated heterocycles. The molecule has 1 aliphatic rings. The van der Waals surface area contributed by atoms with Crippen molar-refractivity contribution in [2.45, 2.75) is 32.4 Å². The zero-order valence-corrected chi connectivity index (χ0v) is 16.1. The number of H-pyrrole nitrogens is 1. The lowest BCUT2D eigenvalue weighted by Crippen LogP contribution is -2.18. The van der Waals surface area contributed by atoms with Crippen LogP contribution < -0.4 is 10.3 Å². The first-order chi connectivity index (χ1) is 13.7. The Morgan fingerprint density at radius 2 is 1.86 bits per heavy atom. The Hall–Kier alpha value is -2.92. The van der Waals surface area contributed by atoms with Crippen molar-refractivity contribution in [2.24, 2.45) is 0 Å². The van der Waals surface area contributed by atoms with Gasteiger partial charge in [-0.15, -0.1) is 0 Å². The Morgan fingerprint density at radius 1 is 1.07 bits per heavy atom. The first-order valence-electron chi connectivity index (χ1n) is 9.82. The highest BCUT2D eigenvalue weighted by atomic mass is 16.5. The van der Waals surface area contributed by atoms with Gasteiger partial charge in [0.15, 0.2) is 0 Å². The quantitative estimate of drug-likeness (QED) is 0.702. The molecular weight excluding hydrogens is 350 g/mol. The average molecular weight is 375 g/mol. The average Bonchev–Trinajstić information content (AvgIpc) is 3.21. The van der Waals surface area contributed by atoms with E-state index in [1.165, 1.54) is 24.5 Å². The number of ether oxygens (including phenoxy) is 1. The maximum Gasteiger partial charge on any atom is 0.251 e. The summed E-state index contributed by atoms with van der Waals surface area (Å²) in [6.45, 7) is 5.15. The van der Waals surface area contributed by atoms with E-state index in [0.717, 1.165) is 30.9 Å². The molecule has 1 N–H and O–H groups in total. The molecular formula is C23H25N3O2. The van der Waals surface area contributed by atoms with Crippen LogP contribution in [0.2, 0.25) is 0 Å². The van der Waals surface area contributed by atoms with Gasteiger partial charge in [-0.25, -0.2) is 4.98 Å². The largest absolute Gasteiger partial charge is 0.484 e. The molecule has 2 heterocycles. The Kier molecular flexibility index (Phi) is 5.53. The van der Waals surface area contributed by atoms with Crippen LogP contribution in [0.25, 0.3) is 11.4 Å². The lowest BCUT2D eigenvalue weighted by molar-refractivity contribution is 0.221. The molecule has 0 bridgehead atoms. The smallest absolute Gasteiger partial charge is 0.251 e. The van der Waals surface area contributed by atoms with E-state index in [-0.39, 0.29) is 11.7 Å². The number of hydrogen-bond donors (Lipinski definition) is 1. The summed E-state index contributed by atoms with van der Waals surface area (Å²) in [6, 6.07) is 19.3.